The van der Waals surface area contributed by atoms with Crippen LogP contribution in [-0.2, 0) is 15.6 Å². The van der Waals surface area contributed by atoms with Gasteiger partial charge < -0.3 is 8.84 Å². The molecule has 3 aromatic rings. The van der Waals surface area contributed by atoms with Crippen LogP contribution >= 0.6 is 23.1 Å². The molecule has 1 N–H and O–H groups in total. The normalized spacial score (nSPS) is 16.0. The van der Waals surface area contributed by atoms with Crippen molar-refractivity contribution in [3.63, 3.8) is 0 Å². The van der Waals surface area contributed by atoms with Gasteiger partial charge in [0.25, 0.3) is 11.1 Å². The Bertz CT molecular complexity index is 1170. The second-order valence-electron chi connectivity index (χ2n) is 10.0. The van der Waals surface area contributed by atoms with Gasteiger partial charge in [0.05, 0.1) is 16.7 Å². The molecule has 1 aliphatic rings. The zero-order valence-electron chi connectivity index (χ0n) is 21.7. The zero-order valence-corrected chi connectivity index (χ0v) is 24.3. The van der Waals surface area contributed by atoms with Gasteiger partial charge in [0.1, 0.15) is 5.76 Å². The first-order valence-electron chi connectivity index (χ1n) is 11.9. The second kappa shape index (κ2) is 12.2. The Labute approximate surface area is 222 Å². The molecule has 9 heteroatoms. The molecule has 0 spiro atoms. The van der Waals surface area contributed by atoms with Crippen molar-refractivity contribution in [1.82, 2.24) is 10.3 Å². The van der Waals surface area contributed by atoms with E-state index in [4.69, 9.17) is 8.84 Å². The van der Waals surface area contributed by atoms with Crippen LogP contribution in [0.3, 0.4) is 0 Å². The number of hydrogen-bond acceptors (Lipinski definition) is 7. The van der Waals surface area contributed by atoms with Crippen molar-refractivity contribution in [2.24, 2.45) is 0 Å². The first-order chi connectivity index (χ1) is 17.0. The largest absolute Gasteiger partial charge is 0.449 e. The Morgan fingerprint density at radius 3 is 2.25 bits per heavy atom. The number of aromatic nitrogens is 1. The highest BCUT2D eigenvalue weighted by Crippen LogP contribution is 2.42. The average molecular weight is 543 g/mol. The Morgan fingerprint density at radius 2 is 1.75 bits per heavy atom. The minimum atomic E-state index is -2.00. The maximum Gasteiger partial charge on any atom is 0.290 e. The third-order valence-electron chi connectivity index (χ3n) is 6.28. The summed E-state index contributed by atoms with van der Waals surface area (Å²) in [5.74, 6) is 0.502. The van der Waals surface area contributed by atoms with Gasteiger partial charge in [-0.05, 0) is 67.9 Å². The number of benzene rings is 1. The Morgan fingerprint density at radius 1 is 1.11 bits per heavy atom. The summed E-state index contributed by atoms with van der Waals surface area (Å²) in [5.41, 5.74) is 0.954. The summed E-state index contributed by atoms with van der Waals surface area (Å²) in [6.07, 6.45) is 4.75. The lowest BCUT2D eigenvalue weighted by atomic mass is 10.1. The predicted octanol–water partition coefficient (Wildman–Crippen LogP) is 7.75. The summed E-state index contributed by atoms with van der Waals surface area (Å²) >= 11 is 2.53. The Balaban J connectivity index is 0.000000526. The Hall–Kier alpha value is -2.46. The molecule has 3 heterocycles. The number of thioether (sulfide) groups is 1. The van der Waals surface area contributed by atoms with Gasteiger partial charge in [-0.3, -0.25) is 14.9 Å². The van der Waals surface area contributed by atoms with E-state index in [1.165, 1.54) is 6.39 Å². The second-order valence-corrected chi connectivity index (χ2v) is 16.9. The first-order valence-corrected chi connectivity index (χ1v) is 16.4. The van der Waals surface area contributed by atoms with Crippen LogP contribution < -0.4 is 5.32 Å². The fraction of sp³-hybridized carbons (Fsp3) is 0.370. The van der Waals surface area contributed by atoms with Gasteiger partial charge in [0, 0.05) is 9.75 Å². The van der Waals surface area contributed by atoms with E-state index in [1.807, 2.05) is 49.4 Å². The minimum absolute atomic E-state index is 0.0640. The van der Waals surface area contributed by atoms with Crippen LogP contribution in [0.2, 0.25) is 18.1 Å². The summed E-state index contributed by atoms with van der Waals surface area (Å²) in [4.78, 5) is 30.0. The highest BCUT2D eigenvalue weighted by Gasteiger charge is 2.39. The molecule has 0 aliphatic carbocycles. The van der Waals surface area contributed by atoms with Crippen molar-refractivity contribution in [3.8, 4) is 0 Å². The summed E-state index contributed by atoms with van der Waals surface area (Å²) in [7, 11) is -2.00. The highest BCUT2D eigenvalue weighted by atomic mass is 32.2. The van der Waals surface area contributed by atoms with Gasteiger partial charge in [-0.25, -0.2) is 4.98 Å². The standard InChI is InChI=1S/C21H28N2O4S2Si.C6H6/c1-13-15(22-12-26-13)8-9-16(27-30(5,6)21(2,3)4)17-10-7-14(28-17)11-18-19(24)23-20(25)29-18;1-2-4-6-5-3-1/h7,10-12,16H,8-9H2,1-6H3,(H,23,24,25);1-6H. The van der Waals surface area contributed by atoms with E-state index in [9.17, 15) is 9.59 Å². The lowest BCUT2D eigenvalue weighted by Gasteiger charge is -2.39. The summed E-state index contributed by atoms with van der Waals surface area (Å²) in [6.45, 7) is 13.1. The molecule has 36 heavy (non-hydrogen) atoms. The molecule has 4 rings (SSSR count). The fourth-order valence-corrected chi connectivity index (χ4v) is 6.34. The molecule has 1 atom stereocenters. The van der Waals surface area contributed by atoms with Crippen LogP contribution in [0.4, 0.5) is 4.79 Å². The number of nitrogens with one attached hydrogen (secondary N) is 1. The number of aryl methyl sites for hydroxylation is 2. The van der Waals surface area contributed by atoms with Crippen molar-refractivity contribution in [2.75, 3.05) is 0 Å². The lowest BCUT2D eigenvalue weighted by molar-refractivity contribution is -0.115. The molecular formula is C27H34N2O4S2Si. The van der Waals surface area contributed by atoms with Crippen molar-refractivity contribution in [2.45, 2.75) is 64.8 Å². The number of rotatable bonds is 7. The van der Waals surface area contributed by atoms with Gasteiger partial charge in [-0.1, -0.05) is 57.2 Å². The Kier molecular flexibility index (Phi) is 9.51. The molecule has 6 nitrogen and oxygen atoms in total. The lowest BCUT2D eigenvalue weighted by Crippen LogP contribution is -2.41. The molecule has 1 unspecified atom stereocenters. The topological polar surface area (TPSA) is 81.4 Å². The van der Waals surface area contributed by atoms with Gasteiger partial charge in [-0.2, -0.15) is 0 Å². The van der Waals surface area contributed by atoms with Crippen LogP contribution in [0, 0.1) is 6.92 Å². The number of imide groups is 1. The maximum absolute atomic E-state index is 11.8. The molecule has 0 radical (unpaired) electrons. The van der Waals surface area contributed by atoms with Gasteiger partial charge >= 0.3 is 0 Å². The summed E-state index contributed by atoms with van der Waals surface area (Å²) in [6, 6.07) is 16.0. The molecule has 1 saturated heterocycles. The van der Waals surface area contributed by atoms with Gasteiger partial charge in [0.15, 0.2) is 14.7 Å². The van der Waals surface area contributed by atoms with Crippen LogP contribution in [0.15, 0.2) is 64.2 Å². The monoisotopic (exact) mass is 542 g/mol. The molecule has 192 valence electrons. The van der Waals surface area contributed by atoms with E-state index in [0.29, 0.717) is 4.91 Å². The number of oxazole rings is 1. The van der Waals surface area contributed by atoms with Gasteiger partial charge in [-0.15, -0.1) is 11.3 Å². The molecule has 2 amide bonds. The van der Waals surface area contributed by atoms with E-state index in [0.717, 1.165) is 45.8 Å². The molecule has 1 aliphatic heterocycles. The SMILES string of the molecule is Cc1ocnc1CCC(O[Si](C)(C)C(C)(C)C)c1ccc(C=C2SC(=O)NC2=O)s1.c1ccccc1. The fourth-order valence-electron chi connectivity index (χ4n) is 3.18. The number of nitrogens with zero attached hydrogens (tertiary/aromatic N) is 1. The van der Waals surface area contributed by atoms with Crippen LogP contribution in [-0.4, -0.2) is 24.4 Å². The van der Waals surface area contributed by atoms with Crippen molar-refractivity contribution < 1.29 is 18.4 Å². The van der Waals surface area contributed by atoms with Crippen LogP contribution in [0.25, 0.3) is 6.08 Å². The number of carbonyl (C=O) groups is 2. The van der Waals surface area contributed by atoms with E-state index in [-0.39, 0.29) is 22.3 Å². The average Bonchev–Trinajstić information content (AvgIpc) is 3.53. The van der Waals surface area contributed by atoms with E-state index >= 15 is 0 Å². The summed E-state index contributed by atoms with van der Waals surface area (Å²) < 4.78 is 12.1. The smallest absolute Gasteiger partial charge is 0.290 e. The summed E-state index contributed by atoms with van der Waals surface area (Å²) in [5, 5.41) is 2.06. The molecule has 1 aromatic carbocycles. The number of thiophene rings is 1. The molecule has 0 bridgehead atoms. The van der Waals surface area contributed by atoms with Crippen molar-refractivity contribution >= 4 is 48.6 Å². The third-order valence-corrected chi connectivity index (χ3v) is 12.7. The van der Waals surface area contributed by atoms with Crippen molar-refractivity contribution in [1.29, 1.82) is 0 Å². The zero-order chi connectivity index (χ0) is 26.3. The van der Waals surface area contributed by atoms with Crippen LogP contribution in [0.1, 0.15) is 54.5 Å². The molecule has 0 saturated carbocycles. The molecule has 2 aromatic heterocycles. The van der Waals surface area contributed by atoms with Crippen molar-refractivity contribution in [3.05, 3.63) is 81.0 Å². The first kappa shape index (κ1) is 28.1. The van der Waals surface area contributed by atoms with E-state index in [2.05, 4.69) is 50.2 Å². The highest BCUT2D eigenvalue weighted by molar-refractivity contribution is 8.18. The predicted molar refractivity (Wildman–Crippen MR) is 150 cm³/mol. The minimum Gasteiger partial charge on any atom is -0.449 e. The number of carbonyl (C=O) groups excluding carboxylic acids is 2. The molecular weight excluding hydrogens is 509 g/mol. The van der Waals surface area contributed by atoms with E-state index < -0.39 is 8.32 Å². The quantitative estimate of drug-likeness (QED) is 0.243. The van der Waals surface area contributed by atoms with E-state index in [1.54, 1.807) is 17.4 Å². The third kappa shape index (κ3) is 7.77. The van der Waals surface area contributed by atoms with Crippen LogP contribution in [0.5, 0.6) is 0 Å². The number of hydrogen-bond donors (Lipinski definition) is 1. The van der Waals surface area contributed by atoms with Gasteiger partial charge in [0.2, 0.25) is 0 Å². The number of amides is 2. The maximum atomic E-state index is 11.8. The molecule has 1 fully saturated rings.